The molecule has 5 heteroatoms. The Bertz CT molecular complexity index is 453. The van der Waals surface area contributed by atoms with E-state index >= 15 is 0 Å². The summed E-state index contributed by atoms with van der Waals surface area (Å²) < 4.78 is 0. The lowest BCUT2D eigenvalue weighted by Crippen LogP contribution is -2.05. The number of nitrogens with one attached hydrogen (secondary N) is 1. The highest BCUT2D eigenvalue weighted by Gasteiger charge is 2.21. The van der Waals surface area contributed by atoms with E-state index in [4.69, 9.17) is 5.11 Å². The van der Waals surface area contributed by atoms with Crippen molar-refractivity contribution in [3.8, 4) is 5.75 Å². The van der Waals surface area contributed by atoms with Crippen molar-refractivity contribution in [1.82, 2.24) is 0 Å². The smallest absolute Gasteiger partial charge is 0.228 e. The van der Waals surface area contributed by atoms with Gasteiger partial charge in [-0.15, -0.1) is 0 Å². The van der Waals surface area contributed by atoms with Crippen LogP contribution in [0.25, 0.3) is 0 Å². The number of ketones is 1. The molecule has 0 saturated carbocycles. The van der Waals surface area contributed by atoms with E-state index in [0.29, 0.717) is 11.3 Å². The Labute approximate surface area is 85.3 Å². The zero-order valence-corrected chi connectivity index (χ0v) is 7.78. The van der Waals surface area contributed by atoms with E-state index in [0.717, 1.165) is 0 Å². The maximum absolute atomic E-state index is 11.2. The van der Waals surface area contributed by atoms with E-state index in [9.17, 15) is 14.7 Å². The minimum atomic E-state index is -0.659. The number of phenols is 1. The van der Waals surface area contributed by atoms with Crippen LogP contribution in [0.1, 0.15) is 15.9 Å². The lowest BCUT2D eigenvalue weighted by Gasteiger charge is -2.04. The molecule has 0 atom stereocenters. The molecule has 0 aromatic heterocycles. The number of phenolic OH excluding ortho intramolecular Hbond substituents is 1. The molecule has 0 unspecified atom stereocenters. The van der Waals surface area contributed by atoms with Crippen LogP contribution in [-0.4, -0.2) is 28.5 Å². The Hall–Kier alpha value is -1.88. The molecular weight excluding hydrogens is 198 g/mol. The quantitative estimate of drug-likeness (QED) is 0.598. The van der Waals surface area contributed by atoms with Gasteiger partial charge in [0.1, 0.15) is 12.4 Å². The van der Waals surface area contributed by atoms with E-state index in [1.807, 2.05) is 0 Å². The van der Waals surface area contributed by atoms with Crippen molar-refractivity contribution in [3.63, 3.8) is 0 Å². The molecule has 0 aliphatic carbocycles. The van der Waals surface area contributed by atoms with Gasteiger partial charge in [0.05, 0.1) is 12.0 Å². The summed E-state index contributed by atoms with van der Waals surface area (Å²) in [5, 5.41) is 20.7. The molecule has 1 aromatic rings. The first-order valence-electron chi connectivity index (χ1n) is 4.41. The number of carbonyl (C=O) groups is 2. The molecule has 1 aliphatic heterocycles. The number of Topliss-reactive ketones (excluding diaryl/α,β-unsaturated/α-hetero) is 1. The zero-order valence-electron chi connectivity index (χ0n) is 7.78. The first-order valence-corrected chi connectivity index (χ1v) is 4.41. The van der Waals surface area contributed by atoms with Crippen molar-refractivity contribution in [2.24, 2.45) is 0 Å². The fourth-order valence-corrected chi connectivity index (χ4v) is 1.57. The second-order valence-electron chi connectivity index (χ2n) is 3.33. The summed E-state index contributed by atoms with van der Waals surface area (Å²) in [6.07, 6.45) is 0.196. The van der Waals surface area contributed by atoms with E-state index in [1.165, 1.54) is 12.1 Å². The lowest BCUT2D eigenvalue weighted by molar-refractivity contribution is -0.115. The Morgan fingerprint density at radius 2 is 2.20 bits per heavy atom. The number of aliphatic hydroxyl groups is 1. The number of benzene rings is 1. The summed E-state index contributed by atoms with van der Waals surface area (Å²) in [6.45, 7) is -0.659. The van der Waals surface area contributed by atoms with Gasteiger partial charge in [-0.3, -0.25) is 9.59 Å². The molecule has 1 amide bonds. The third kappa shape index (κ3) is 1.57. The van der Waals surface area contributed by atoms with Gasteiger partial charge in [0.15, 0.2) is 5.78 Å². The highest BCUT2D eigenvalue weighted by molar-refractivity contribution is 6.04. The Morgan fingerprint density at radius 1 is 1.47 bits per heavy atom. The second kappa shape index (κ2) is 3.36. The summed E-state index contributed by atoms with van der Waals surface area (Å²) >= 11 is 0. The van der Waals surface area contributed by atoms with Gasteiger partial charge < -0.3 is 15.5 Å². The van der Waals surface area contributed by atoms with E-state index < -0.39 is 12.4 Å². The molecule has 15 heavy (non-hydrogen) atoms. The molecule has 0 saturated heterocycles. The Morgan fingerprint density at radius 3 is 2.87 bits per heavy atom. The molecule has 0 bridgehead atoms. The van der Waals surface area contributed by atoms with Gasteiger partial charge in [-0.1, -0.05) is 0 Å². The highest BCUT2D eigenvalue weighted by Crippen LogP contribution is 2.30. The van der Waals surface area contributed by atoms with Crippen LogP contribution in [0.5, 0.6) is 5.75 Å². The summed E-state index contributed by atoms with van der Waals surface area (Å²) in [6, 6.07) is 2.75. The van der Waals surface area contributed by atoms with Crippen molar-refractivity contribution >= 4 is 17.4 Å². The Balaban J connectivity index is 2.48. The summed E-state index contributed by atoms with van der Waals surface area (Å²) in [7, 11) is 0. The molecule has 0 radical (unpaired) electrons. The molecule has 0 fully saturated rings. The SMILES string of the molecule is O=C1Cc2cc(C(=O)CO)c(O)cc2N1. The van der Waals surface area contributed by atoms with E-state index in [1.54, 1.807) is 0 Å². The number of amides is 1. The van der Waals surface area contributed by atoms with Gasteiger partial charge in [-0.05, 0) is 11.6 Å². The third-order valence-electron chi connectivity index (χ3n) is 2.29. The molecule has 5 nitrogen and oxygen atoms in total. The molecule has 1 aromatic carbocycles. The van der Waals surface area contributed by atoms with Crippen molar-refractivity contribution in [1.29, 1.82) is 0 Å². The average molecular weight is 207 g/mol. The van der Waals surface area contributed by atoms with Gasteiger partial charge in [0.25, 0.3) is 0 Å². The predicted octanol–water partition coefficient (Wildman–Crippen LogP) is 0.0618. The fourth-order valence-electron chi connectivity index (χ4n) is 1.57. The van der Waals surface area contributed by atoms with E-state index in [-0.39, 0.29) is 23.6 Å². The van der Waals surface area contributed by atoms with Crippen LogP contribution >= 0.6 is 0 Å². The minimum Gasteiger partial charge on any atom is -0.507 e. The number of hydrogen-bond acceptors (Lipinski definition) is 4. The zero-order chi connectivity index (χ0) is 11.0. The van der Waals surface area contributed by atoms with Crippen molar-refractivity contribution < 1.29 is 19.8 Å². The normalized spacial score (nSPS) is 13.5. The number of carbonyl (C=O) groups excluding carboxylic acids is 2. The topological polar surface area (TPSA) is 86.6 Å². The molecule has 2 rings (SSSR count). The summed E-state index contributed by atoms with van der Waals surface area (Å²) in [4.78, 5) is 22.2. The van der Waals surface area contributed by atoms with Crippen LogP contribution in [0.3, 0.4) is 0 Å². The van der Waals surface area contributed by atoms with Crippen LogP contribution < -0.4 is 5.32 Å². The van der Waals surface area contributed by atoms with Crippen molar-refractivity contribution in [2.75, 3.05) is 11.9 Å². The maximum Gasteiger partial charge on any atom is 0.228 e. The Kier molecular flexibility index (Phi) is 2.17. The summed E-state index contributed by atoms with van der Waals surface area (Å²) in [5.41, 5.74) is 1.23. The second-order valence-corrected chi connectivity index (χ2v) is 3.33. The molecule has 78 valence electrons. The molecule has 0 spiro atoms. The molecule has 1 aliphatic rings. The van der Waals surface area contributed by atoms with Crippen molar-refractivity contribution in [3.05, 3.63) is 23.3 Å². The minimum absolute atomic E-state index is 0.0488. The number of rotatable bonds is 2. The largest absolute Gasteiger partial charge is 0.507 e. The van der Waals surface area contributed by atoms with Gasteiger partial charge in [-0.25, -0.2) is 0 Å². The van der Waals surface area contributed by atoms with Gasteiger partial charge in [0, 0.05) is 11.8 Å². The number of aliphatic hydroxyl groups excluding tert-OH is 1. The van der Waals surface area contributed by atoms with Crippen LogP contribution in [0, 0.1) is 0 Å². The van der Waals surface area contributed by atoms with E-state index in [2.05, 4.69) is 5.32 Å². The van der Waals surface area contributed by atoms with Crippen LogP contribution in [0.15, 0.2) is 12.1 Å². The predicted molar refractivity (Wildman–Crippen MR) is 51.9 cm³/mol. The van der Waals surface area contributed by atoms with Gasteiger partial charge in [0.2, 0.25) is 5.91 Å². The average Bonchev–Trinajstić information content (AvgIpc) is 2.55. The molecular formula is C10H9NO4. The van der Waals surface area contributed by atoms with Crippen LogP contribution in [-0.2, 0) is 11.2 Å². The fraction of sp³-hybridized carbons (Fsp3) is 0.200. The first kappa shape index (κ1) is 9.67. The number of anilines is 1. The third-order valence-corrected chi connectivity index (χ3v) is 2.29. The van der Waals surface area contributed by atoms with Crippen molar-refractivity contribution in [2.45, 2.75) is 6.42 Å². The summed E-state index contributed by atoms with van der Waals surface area (Å²) in [5.74, 6) is -0.956. The monoisotopic (exact) mass is 207 g/mol. The number of aromatic hydroxyl groups is 1. The van der Waals surface area contributed by atoms with Crippen LogP contribution in [0.4, 0.5) is 5.69 Å². The van der Waals surface area contributed by atoms with Crippen LogP contribution in [0.2, 0.25) is 0 Å². The number of hydrogen-bond donors (Lipinski definition) is 3. The first-order chi connectivity index (χ1) is 7.11. The van der Waals surface area contributed by atoms with Gasteiger partial charge >= 0.3 is 0 Å². The standard InChI is InChI=1S/C10H9NO4/c12-4-9(14)6-1-5-2-10(15)11-7(5)3-8(6)13/h1,3,12-13H,2,4H2,(H,11,15). The molecule has 3 N–H and O–H groups in total. The molecule has 1 heterocycles. The number of fused-ring (bicyclic) bond motifs is 1. The van der Waals surface area contributed by atoms with Gasteiger partial charge in [-0.2, -0.15) is 0 Å². The highest BCUT2D eigenvalue weighted by atomic mass is 16.3. The lowest BCUT2D eigenvalue weighted by atomic mass is 10.0. The maximum atomic E-state index is 11.2.